The fourth-order valence-electron chi connectivity index (χ4n) is 2.25. The first-order valence-electron chi connectivity index (χ1n) is 6.16. The van der Waals surface area contributed by atoms with E-state index in [4.69, 9.17) is 16.3 Å². The van der Waals surface area contributed by atoms with Gasteiger partial charge < -0.3 is 9.64 Å². The molecule has 0 radical (unpaired) electrons. The van der Waals surface area contributed by atoms with Crippen LogP contribution in [-0.4, -0.2) is 45.9 Å². The lowest BCUT2D eigenvalue weighted by molar-refractivity contribution is 0.0362. The number of benzene rings is 1. The number of anilines is 1. The molecule has 1 aliphatic rings. The summed E-state index contributed by atoms with van der Waals surface area (Å²) in [6, 6.07) is 7.19. The zero-order valence-corrected chi connectivity index (χ0v) is 12.6. The van der Waals surface area contributed by atoms with Crippen LogP contribution >= 0.6 is 11.6 Å². The summed E-state index contributed by atoms with van der Waals surface area (Å²) >= 11 is 5.84. The van der Waals surface area contributed by atoms with Crippen LogP contribution in [0.5, 0.6) is 0 Å². The first kappa shape index (κ1) is 14.6. The molecule has 1 fully saturated rings. The Morgan fingerprint density at radius 1 is 1.42 bits per heavy atom. The molecule has 0 saturated carbocycles. The van der Waals surface area contributed by atoms with Gasteiger partial charge in [0.2, 0.25) is 0 Å². The summed E-state index contributed by atoms with van der Waals surface area (Å²) < 4.78 is 29.3. The molecule has 1 aliphatic heterocycles. The van der Waals surface area contributed by atoms with Gasteiger partial charge in [-0.1, -0.05) is 12.1 Å². The average molecular weight is 304 g/mol. The van der Waals surface area contributed by atoms with Gasteiger partial charge in [-0.3, -0.25) is 0 Å². The van der Waals surface area contributed by atoms with Crippen LogP contribution in [0.1, 0.15) is 6.92 Å². The minimum atomic E-state index is -3.25. The Balaban J connectivity index is 2.40. The van der Waals surface area contributed by atoms with E-state index in [0.29, 0.717) is 23.9 Å². The number of ether oxygens (including phenoxy) is 1. The molecule has 0 bridgehead atoms. The summed E-state index contributed by atoms with van der Waals surface area (Å²) in [7, 11) is -3.25. The highest BCUT2D eigenvalue weighted by atomic mass is 35.5. The summed E-state index contributed by atoms with van der Waals surface area (Å²) in [6.07, 6.45) is 1.17. The van der Waals surface area contributed by atoms with Crippen LogP contribution in [0, 0.1) is 0 Å². The van der Waals surface area contributed by atoms with Crippen LogP contribution in [0.3, 0.4) is 0 Å². The fraction of sp³-hybridized carbons (Fsp3) is 0.538. The molecule has 6 heteroatoms. The van der Waals surface area contributed by atoms with E-state index >= 15 is 0 Å². The second-order valence-electron chi connectivity index (χ2n) is 4.85. The van der Waals surface area contributed by atoms with Crippen molar-refractivity contribution in [3.05, 3.63) is 24.3 Å². The van der Waals surface area contributed by atoms with Crippen molar-refractivity contribution in [2.75, 3.05) is 30.2 Å². The van der Waals surface area contributed by atoms with Crippen LogP contribution in [0.2, 0.25) is 0 Å². The Bertz CT molecular complexity index is 547. The van der Waals surface area contributed by atoms with E-state index < -0.39 is 9.84 Å². The highest BCUT2D eigenvalue weighted by Crippen LogP contribution is 2.29. The molecule has 1 heterocycles. The summed E-state index contributed by atoms with van der Waals surface area (Å²) in [4.78, 5) is 2.42. The highest BCUT2D eigenvalue weighted by Gasteiger charge is 2.28. The lowest BCUT2D eigenvalue weighted by atomic mass is 10.1. The first-order valence-corrected chi connectivity index (χ1v) is 8.59. The van der Waals surface area contributed by atoms with Gasteiger partial charge in [0.15, 0.2) is 9.84 Å². The summed E-state index contributed by atoms with van der Waals surface area (Å²) in [5, 5.41) is 0. The molecule has 0 spiro atoms. The van der Waals surface area contributed by atoms with Gasteiger partial charge in [0.1, 0.15) is 0 Å². The van der Waals surface area contributed by atoms with E-state index in [1.165, 1.54) is 6.26 Å². The van der Waals surface area contributed by atoms with Crippen LogP contribution in [0.15, 0.2) is 29.2 Å². The Morgan fingerprint density at radius 3 is 2.74 bits per heavy atom. The van der Waals surface area contributed by atoms with E-state index in [1.54, 1.807) is 12.1 Å². The van der Waals surface area contributed by atoms with Crippen molar-refractivity contribution in [1.82, 2.24) is 0 Å². The Labute approximate surface area is 119 Å². The van der Waals surface area contributed by atoms with Gasteiger partial charge in [0.25, 0.3) is 0 Å². The third kappa shape index (κ3) is 3.22. The number of alkyl halides is 1. The molecular weight excluding hydrogens is 286 g/mol. The number of hydrogen-bond acceptors (Lipinski definition) is 4. The van der Waals surface area contributed by atoms with Crippen molar-refractivity contribution < 1.29 is 13.2 Å². The van der Waals surface area contributed by atoms with Crippen molar-refractivity contribution in [1.29, 1.82) is 0 Å². The maximum atomic E-state index is 11.9. The zero-order valence-electron chi connectivity index (χ0n) is 11.0. The van der Waals surface area contributed by atoms with Gasteiger partial charge in [-0.2, -0.15) is 0 Å². The number of para-hydroxylation sites is 1. The van der Waals surface area contributed by atoms with Gasteiger partial charge in [-0.25, -0.2) is 8.42 Å². The average Bonchev–Trinajstić information content (AvgIpc) is 2.38. The summed E-state index contributed by atoms with van der Waals surface area (Å²) in [5.41, 5.74) is 0.732. The lowest BCUT2D eigenvalue weighted by Gasteiger charge is -2.39. The molecule has 19 heavy (non-hydrogen) atoms. The van der Waals surface area contributed by atoms with E-state index in [9.17, 15) is 8.42 Å². The van der Waals surface area contributed by atoms with Crippen molar-refractivity contribution in [2.45, 2.75) is 24.0 Å². The van der Waals surface area contributed by atoms with Gasteiger partial charge in [-0.15, -0.1) is 11.6 Å². The molecule has 0 aliphatic carbocycles. The predicted octanol–water partition coefficient (Wildman–Crippen LogP) is 1.92. The van der Waals surface area contributed by atoms with Crippen molar-refractivity contribution in [2.24, 2.45) is 0 Å². The third-order valence-corrected chi connectivity index (χ3v) is 4.74. The minimum absolute atomic E-state index is 0.0644. The van der Waals surface area contributed by atoms with Gasteiger partial charge in [-0.05, 0) is 19.1 Å². The van der Waals surface area contributed by atoms with Crippen molar-refractivity contribution in [3.8, 4) is 0 Å². The van der Waals surface area contributed by atoms with Gasteiger partial charge >= 0.3 is 0 Å². The zero-order chi connectivity index (χ0) is 14.0. The first-order chi connectivity index (χ1) is 8.93. The molecule has 4 nitrogen and oxygen atoms in total. The standard InChI is InChI=1S/C13H18ClNO3S/c1-10-9-18-11(7-14)8-15(10)12-5-3-4-6-13(12)19(2,16)17/h3-6,10-11H,7-9H2,1-2H3. The second-order valence-corrected chi connectivity index (χ2v) is 7.14. The van der Waals surface area contributed by atoms with E-state index in [1.807, 2.05) is 19.1 Å². The molecule has 1 aromatic rings. The maximum absolute atomic E-state index is 11.9. The quantitative estimate of drug-likeness (QED) is 0.801. The monoisotopic (exact) mass is 303 g/mol. The van der Waals surface area contributed by atoms with Crippen LogP contribution < -0.4 is 4.90 Å². The SMILES string of the molecule is CC1COC(CCl)CN1c1ccccc1S(C)(=O)=O. The smallest absolute Gasteiger partial charge is 0.177 e. The predicted molar refractivity (Wildman–Crippen MR) is 76.8 cm³/mol. The number of nitrogens with zero attached hydrogens (tertiary/aromatic N) is 1. The second kappa shape index (κ2) is 5.69. The number of morpholine rings is 1. The summed E-state index contributed by atoms with van der Waals surface area (Å²) in [5.74, 6) is 0.407. The molecule has 106 valence electrons. The fourth-order valence-corrected chi connectivity index (χ4v) is 3.33. The summed E-state index contributed by atoms with van der Waals surface area (Å²) in [6.45, 7) is 3.18. The van der Waals surface area contributed by atoms with Crippen LogP contribution in [0.25, 0.3) is 0 Å². The van der Waals surface area contributed by atoms with Gasteiger partial charge in [0.05, 0.1) is 29.2 Å². The topological polar surface area (TPSA) is 46.6 Å². The van der Waals surface area contributed by atoms with Crippen LogP contribution in [0.4, 0.5) is 5.69 Å². The number of halogens is 1. The number of sulfone groups is 1. The minimum Gasteiger partial charge on any atom is -0.373 e. The number of rotatable bonds is 3. The molecule has 1 aromatic carbocycles. The molecule has 0 N–H and O–H groups in total. The molecule has 0 amide bonds. The van der Waals surface area contributed by atoms with E-state index in [0.717, 1.165) is 5.69 Å². The third-order valence-electron chi connectivity index (χ3n) is 3.25. The van der Waals surface area contributed by atoms with Crippen molar-refractivity contribution >= 4 is 27.1 Å². The molecular formula is C13H18ClNO3S. The van der Waals surface area contributed by atoms with E-state index in [-0.39, 0.29) is 12.1 Å². The maximum Gasteiger partial charge on any atom is 0.177 e. The van der Waals surface area contributed by atoms with Crippen LogP contribution in [-0.2, 0) is 14.6 Å². The number of hydrogen-bond donors (Lipinski definition) is 0. The molecule has 1 saturated heterocycles. The normalized spacial score (nSPS) is 24.5. The Kier molecular flexibility index (Phi) is 4.38. The Morgan fingerprint density at radius 2 is 2.11 bits per heavy atom. The lowest BCUT2D eigenvalue weighted by Crippen LogP contribution is -2.49. The molecule has 2 unspecified atom stereocenters. The van der Waals surface area contributed by atoms with Crippen molar-refractivity contribution in [3.63, 3.8) is 0 Å². The largest absolute Gasteiger partial charge is 0.373 e. The molecule has 0 aromatic heterocycles. The molecule has 2 atom stereocenters. The van der Waals surface area contributed by atoms with Gasteiger partial charge in [0, 0.05) is 18.8 Å². The molecule has 2 rings (SSSR count). The Hall–Kier alpha value is -0.780. The highest BCUT2D eigenvalue weighted by molar-refractivity contribution is 7.90. The van der Waals surface area contributed by atoms with E-state index in [2.05, 4.69) is 4.90 Å².